The highest BCUT2D eigenvalue weighted by Crippen LogP contribution is 2.63. The van der Waals surface area contributed by atoms with Crippen molar-refractivity contribution in [2.45, 2.75) is 72.3 Å². The molecule has 0 aromatic rings. The molecular formula is C20H32O. The van der Waals surface area contributed by atoms with Crippen LogP contribution in [0.15, 0.2) is 24.3 Å². The number of hydrogen-bond donors (Lipinski definition) is 1. The van der Waals surface area contributed by atoms with Gasteiger partial charge in [-0.05, 0) is 66.6 Å². The Morgan fingerprint density at radius 2 is 1.90 bits per heavy atom. The van der Waals surface area contributed by atoms with Crippen LogP contribution in [0, 0.1) is 28.1 Å². The minimum absolute atomic E-state index is 0.0389. The lowest BCUT2D eigenvalue weighted by Crippen LogP contribution is -2.51. The van der Waals surface area contributed by atoms with Crippen molar-refractivity contribution in [3.05, 3.63) is 24.3 Å². The summed E-state index contributed by atoms with van der Waals surface area (Å²) in [4.78, 5) is 0. The lowest BCUT2D eigenvalue weighted by molar-refractivity contribution is -0.0391. The molecule has 0 bridgehead atoms. The predicted octanol–water partition coefficient (Wildman–Crippen LogP) is 5.11. The molecule has 0 aromatic heterocycles. The second kappa shape index (κ2) is 4.72. The molecule has 3 aliphatic rings. The summed E-state index contributed by atoms with van der Waals surface area (Å²) in [7, 11) is 0. The molecular weight excluding hydrogens is 256 g/mol. The van der Waals surface area contributed by atoms with E-state index in [9.17, 15) is 5.11 Å². The Morgan fingerprint density at radius 1 is 1.19 bits per heavy atom. The molecule has 3 rings (SSSR count). The van der Waals surface area contributed by atoms with E-state index in [4.69, 9.17) is 0 Å². The molecule has 0 aromatic carbocycles. The van der Waals surface area contributed by atoms with Gasteiger partial charge in [-0.2, -0.15) is 0 Å². The van der Waals surface area contributed by atoms with E-state index < -0.39 is 0 Å². The molecule has 2 saturated carbocycles. The Labute approximate surface area is 130 Å². The predicted molar refractivity (Wildman–Crippen MR) is 89.0 cm³/mol. The molecule has 118 valence electrons. The summed E-state index contributed by atoms with van der Waals surface area (Å²) in [6.45, 7) is 13.5. The van der Waals surface area contributed by atoms with E-state index in [1.165, 1.54) is 32.1 Å². The van der Waals surface area contributed by atoms with Gasteiger partial charge in [0.1, 0.15) is 0 Å². The van der Waals surface area contributed by atoms with E-state index in [0.717, 1.165) is 12.3 Å². The van der Waals surface area contributed by atoms with E-state index in [1.54, 1.807) is 5.57 Å². The van der Waals surface area contributed by atoms with Crippen LogP contribution in [0.4, 0.5) is 0 Å². The molecule has 1 N–H and O–H groups in total. The van der Waals surface area contributed by atoms with Crippen molar-refractivity contribution in [1.29, 1.82) is 0 Å². The number of hydrogen-bond acceptors (Lipinski definition) is 1. The normalized spacial score (nSPS) is 48.8. The van der Waals surface area contributed by atoms with Gasteiger partial charge in [0.05, 0.1) is 6.10 Å². The summed E-state index contributed by atoms with van der Waals surface area (Å²) in [6, 6.07) is 0. The van der Waals surface area contributed by atoms with Crippen molar-refractivity contribution in [1.82, 2.24) is 0 Å². The van der Waals surface area contributed by atoms with Crippen LogP contribution < -0.4 is 0 Å². The van der Waals surface area contributed by atoms with Crippen LogP contribution in [-0.2, 0) is 0 Å². The van der Waals surface area contributed by atoms with Gasteiger partial charge in [0.2, 0.25) is 0 Å². The van der Waals surface area contributed by atoms with Crippen molar-refractivity contribution in [2.24, 2.45) is 28.1 Å². The van der Waals surface area contributed by atoms with Gasteiger partial charge >= 0.3 is 0 Å². The second-order valence-corrected chi connectivity index (χ2v) is 9.04. The average molecular weight is 288 g/mol. The van der Waals surface area contributed by atoms with Crippen LogP contribution in [0.25, 0.3) is 0 Å². The SMILES string of the molecule is C=C[C@@]1(C)CC[C@]2(C)C3=CC[C@@H](O)C(C)(C)[C@H]3CC[C@H]2C1. The molecule has 0 radical (unpaired) electrons. The fraction of sp³-hybridized carbons (Fsp3) is 0.800. The van der Waals surface area contributed by atoms with Gasteiger partial charge in [-0.15, -0.1) is 6.58 Å². The van der Waals surface area contributed by atoms with Crippen LogP contribution in [0.1, 0.15) is 66.2 Å². The van der Waals surface area contributed by atoms with Crippen molar-refractivity contribution < 1.29 is 5.11 Å². The highest BCUT2D eigenvalue weighted by Gasteiger charge is 2.54. The number of rotatable bonds is 1. The number of aliphatic hydroxyl groups is 1. The van der Waals surface area contributed by atoms with Gasteiger partial charge in [-0.1, -0.05) is 45.4 Å². The highest BCUT2D eigenvalue weighted by molar-refractivity contribution is 5.29. The van der Waals surface area contributed by atoms with Gasteiger partial charge < -0.3 is 5.11 Å². The minimum atomic E-state index is -0.173. The maximum atomic E-state index is 10.4. The van der Waals surface area contributed by atoms with Crippen LogP contribution in [0.2, 0.25) is 0 Å². The molecule has 0 spiro atoms. The Morgan fingerprint density at radius 3 is 2.57 bits per heavy atom. The largest absolute Gasteiger partial charge is 0.392 e. The van der Waals surface area contributed by atoms with Crippen molar-refractivity contribution in [3.63, 3.8) is 0 Å². The van der Waals surface area contributed by atoms with Gasteiger partial charge in [-0.3, -0.25) is 0 Å². The third-order valence-electron chi connectivity index (χ3n) is 7.48. The molecule has 0 heterocycles. The maximum absolute atomic E-state index is 10.4. The third kappa shape index (κ3) is 2.15. The Kier molecular flexibility index (Phi) is 3.44. The molecule has 21 heavy (non-hydrogen) atoms. The van der Waals surface area contributed by atoms with Gasteiger partial charge in [0, 0.05) is 0 Å². The standard InChI is InChI=1S/C20H32O/c1-6-19(4)11-12-20(5)14(13-19)7-8-15-16(20)9-10-17(21)18(15,2)3/h6,9,14-15,17,21H,1,7-8,10-13H2,2-5H3/t14-,15-,17+,19-,20-/m0/s1. The fourth-order valence-electron chi connectivity index (χ4n) is 5.47. The zero-order valence-electron chi connectivity index (χ0n) is 14.3. The van der Waals surface area contributed by atoms with Gasteiger partial charge in [-0.25, -0.2) is 0 Å². The molecule has 1 heteroatoms. The molecule has 1 nitrogen and oxygen atoms in total. The quantitative estimate of drug-likeness (QED) is 0.665. The molecule has 2 fully saturated rings. The fourth-order valence-corrected chi connectivity index (χ4v) is 5.47. The summed E-state index contributed by atoms with van der Waals surface area (Å²) in [6.07, 6.45) is 11.7. The van der Waals surface area contributed by atoms with Gasteiger partial charge in [0.25, 0.3) is 0 Å². The van der Waals surface area contributed by atoms with Crippen LogP contribution in [-0.4, -0.2) is 11.2 Å². The lowest BCUT2D eigenvalue weighted by atomic mass is 9.47. The number of allylic oxidation sites excluding steroid dienone is 2. The first kappa shape index (κ1) is 15.3. The van der Waals surface area contributed by atoms with Crippen LogP contribution >= 0.6 is 0 Å². The maximum Gasteiger partial charge on any atom is 0.0631 e. The summed E-state index contributed by atoms with van der Waals surface area (Å²) >= 11 is 0. The molecule has 3 aliphatic carbocycles. The van der Waals surface area contributed by atoms with E-state index >= 15 is 0 Å². The first-order chi connectivity index (χ1) is 9.73. The summed E-state index contributed by atoms with van der Waals surface area (Å²) in [5.74, 6) is 1.37. The average Bonchev–Trinajstić information content (AvgIpc) is 2.44. The van der Waals surface area contributed by atoms with E-state index in [1.807, 2.05) is 0 Å². The molecule has 0 amide bonds. The summed E-state index contributed by atoms with van der Waals surface area (Å²) in [5.41, 5.74) is 2.42. The first-order valence-corrected chi connectivity index (χ1v) is 8.75. The van der Waals surface area contributed by atoms with Crippen molar-refractivity contribution in [2.75, 3.05) is 0 Å². The van der Waals surface area contributed by atoms with Crippen LogP contribution in [0.3, 0.4) is 0 Å². The van der Waals surface area contributed by atoms with Crippen molar-refractivity contribution >= 4 is 0 Å². The van der Waals surface area contributed by atoms with E-state index in [-0.39, 0.29) is 11.5 Å². The molecule has 0 aliphatic heterocycles. The van der Waals surface area contributed by atoms with E-state index in [0.29, 0.717) is 16.7 Å². The van der Waals surface area contributed by atoms with Crippen molar-refractivity contribution in [3.8, 4) is 0 Å². The smallest absolute Gasteiger partial charge is 0.0631 e. The van der Waals surface area contributed by atoms with E-state index in [2.05, 4.69) is 46.4 Å². The van der Waals surface area contributed by atoms with Gasteiger partial charge in [0.15, 0.2) is 0 Å². The first-order valence-electron chi connectivity index (χ1n) is 8.75. The minimum Gasteiger partial charge on any atom is -0.392 e. The summed E-state index contributed by atoms with van der Waals surface area (Å²) in [5, 5.41) is 10.4. The highest BCUT2D eigenvalue weighted by atomic mass is 16.3. The molecule has 0 saturated heterocycles. The number of aliphatic hydroxyl groups excluding tert-OH is 1. The monoisotopic (exact) mass is 288 g/mol. The Bertz CT molecular complexity index is 474. The summed E-state index contributed by atoms with van der Waals surface area (Å²) < 4.78 is 0. The zero-order valence-corrected chi connectivity index (χ0v) is 14.3. The lowest BCUT2D eigenvalue weighted by Gasteiger charge is -2.58. The molecule has 0 unspecified atom stereocenters. The topological polar surface area (TPSA) is 20.2 Å². The Hall–Kier alpha value is -0.560. The number of fused-ring (bicyclic) bond motifs is 3. The van der Waals surface area contributed by atoms with Crippen LogP contribution in [0.5, 0.6) is 0 Å². The zero-order chi connectivity index (χ0) is 15.5. The third-order valence-corrected chi connectivity index (χ3v) is 7.48. The second-order valence-electron chi connectivity index (χ2n) is 9.04. The Balaban J connectivity index is 1.95. The molecule has 5 atom stereocenters.